The zero-order valence-electron chi connectivity index (χ0n) is 14.1. The molecule has 1 aliphatic carbocycles. The molecule has 2 aromatic rings. The van der Waals surface area contributed by atoms with E-state index in [-0.39, 0.29) is 5.91 Å². The van der Waals surface area contributed by atoms with Crippen LogP contribution in [0.15, 0.2) is 42.5 Å². The van der Waals surface area contributed by atoms with E-state index in [1.165, 1.54) is 25.3 Å². The van der Waals surface area contributed by atoms with Crippen molar-refractivity contribution < 1.29 is 18.7 Å². The third-order valence-corrected chi connectivity index (χ3v) is 4.30. The first-order chi connectivity index (χ1) is 11.9. The summed E-state index contributed by atoms with van der Waals surface area (Å²) < 4.78 is 18.5. The maximum Gasteiger partial charge on any atom is 0.240 e. The highest BCUT2D eigenvalue weighted by atomic mass is 19.1. The normalized spacial score (nSPS) is 14.5. The summed E-state index contributed by atoms with van der Waals surface area (Å²) in [5.41, 5.74) is 0.695. The van der Waals surface area contributed by atoms with Gasteiger partial charge in [-0.15, -0.1) is 0 Å². The minimum atomic E-state index is -1.12. The molecule has 25 heavy (non-hydrogen) atoms. The summed E-state index contributed by atoms with van der Waals surface area (Å²) in [5, 5.41) is 5.41. The van der Waals surface area contributed by atoms with Gasteiger partial charge in [0.15, 0.2) is 0 Å². The molecule has 2 amide bonds. The number of aryl methyl sites for hydroxylation is 1. The molecular weight excluding hydrogens is 323 g/mol. The van der Waals surface area contributed by atoms with Gasteiger partial charge in [0.05, 0.1) is 12.8 Å². The maximum absolute atomic E-state index is 13.3. The summed E-state index contributed by atoms with van der Waals surface area (Å²) in [6.07, 6.45) is 0.905. The Hall–Kier alpha value is -2.89. The maximum atomic E-state index is 13.3. The van der Waals surface area contributed by atoms with E-state index in [2.05, 4.69) is 10.6 Å². The summed E-state index contributed by atoms with van der Waals surface area (Å²) >= 11 is 0. The van der Waals surface area contributed by atoms with Gasteiger partial charge >= 0.3 is 0 Å². The Kier molecular flexibility index (Phi) is 4.44. The minimum absolute atomic E-state index is 0.331. The van der Waals surface area contributed by atoms with Crippen LogP contribution in [-0.4, -0.2) is 18.9 Å². The Labute approximate surface area is 145 Å². The molecule has 0 heterocycles. The van der Waals surface area contributed by atoms with E-state index in [1.807, 2.05) is 13.0 Å². The first kappa shape index (κ1) is 17.0. The van der Waals surface area contributed by atoms with Crippen LogP contribution in [0, 0.1) is 18.2 Å². The molecular formula is C19H19FN2O3. The van der Waals surface area contributed by atoms with Gasteiger partial charge in [0, 0.05) is 5.69 Å². The SMILES string of the molecule is COc1ccc(C)cc1NC(=O)C1(C(=O)Nc2cccc(F)c2)CC1. The number of carbonyl (C=O) groups excluding carboxylic acids is 2. The van der Waals surface area contributed by atoms with Crippen molar-refractivity contribution in [2.24, 2.45) is 5.41 Å². The van der Waals surface area contributed by atoms with Crippen LogP contribution in [0.2, 0.25) is 0 Å². The Morgan fingerprint density at radius 1 is 1.08 bits per heavy atom. The number of methoxy groups -OCH3 is 1. The van der Waals surface area contributed by atoms with E-state index in [4.69, 9.17) is 4.74 Å². The first-order valence-electron chi connectivity index (χ1n) is 7.98. The van der Waals surface area contributed by atoms with Gasteiger partial charge in [-0.2, -0.15) is 0 Å². The molecule has 0 unspecified atom stereocenters. The van der Waals surface area contributed by atoms with Crippen molar-refractivity contribution in [1.29, 1.82) is 0 Å². The van der Waals surface area contributed by atoms with Gasteiger partial charge in [0.25, 0.3) is 0 Å². The molecule has 0 bridgehead atoms. The lowest BCUT2D eigenvalue weighted by molar-refractivity contribution is -0.131. The van der Waals surface area contributed by atoms with Crippen LogP contribution < -0.4 is 15.4 Å². The highest BCUT2D eigenvalue weighted by Crippen LogP contribution is 2.48. The summed E-state index contributed by atoms with van der Waals surface area (Å²) in [6.45, 7) is 1.90. The Morgan fingerprint density at radius 2 is 1.80 bits per heavy atom. The predicted octanol–water partition coefficient (Wildman–Crippen LogP) is 3.50. The topological polar surface area (TPSA) is 67.4 Å². The van der Waals surface area contributed by atoms with Gasteiger partial charge in [-0.1, -0.05) is 12.1 Å². The van der Waals surface area contributed by atoms with E-state index in [1.54, 1.807) is 18.2 Å². The molecule has 130 valence electrons. The molecule has 1 saturated carbocycles. The van der Waals surface area contributed by atoms with Crippen molar-refractivity contribution in [3.05, 3.63) is 53.8 Å². The van der Waals surface area contributed by atoms with Gasteiger partial charge in [-0.05, 0) is 55.7 Å². The van der Waals surface area contributed by atoms with Crippen molar-refractivity contribution in [3.8, 4) is 5.75 Å². The van der Waals surface area contributed by atoms with E-state index < -0.39 is 17.1 Å². The molecule has 0 atom stereocenters. The average Bonchev–Trinajstić information content (AvgIpc) is 3.37. The Balaban J connectivity index is 1.75. The van der Waals surface area contributed by atoms with Crippen molar-refractivity contribution in [1.82, 2.24) is 0 Å². The third-order valence-electron chi connectivity index (χ3n) is 4.30. The molecule has 5 nitrogen and oxygen atoms in total. The largest absolute Gasteiger partial charge is 0.495 e. The molecule has 0 radical (unpaired) electrons. The van der Waals surface area contributed by atoms with E-state index >= 15 is 0 Å². The summed E-state index contributed by atoms with van der Waals surface area (Å²) in [5.74, 6) is -0.732. The van der Waals surface area contributed by atoms with Crippen LogP contribution in [0.5, 0.6) is 5.75 Å². The van der Waals surface area contributed by atoms with Crippen molar-refractivity contribution in [2.45, 2.75) is 19.8 Å². The zero-order valence-corrected chi connectivity index (χ0v) is 14.1. The summed E-state index contributed by atoms with van der Waals surface area (Å²) in [6, 6.07) is 11.0. The number of anilines is 2. The number of nitrogens with one attached hydrogen (secondary N) is 2. The van der Waals surface area contributed by atoms with Crippen LogP contribution in [0.25, 0.3) is 0 Å². The number of amides is 2. The van der Waals surface area contributed by atoms with Crippen molar-refractivity contribution in [3.63, 3.8) is 0 Å². The quantitative estimate of drug-likeness (QED) is 0.817. The number of carbonyl (C=O) groups is 2. The fraction of sp³-hybridized carbons (Fsp3) is 0.263. The summed E-state index contributed by atoms with van der Waals surface area (Å²) in [7, 11) is 1.52. The molecule has 1 fully saturated rings. The lowest BCUT2D eigenvalue weighted by Gasteiger charge is -2.17. The van der Waals surface area contributed by atoms with Crippen LogP contribution in [-0.2, 0) is 9.59 Å². The molecule has 3 rings (SSSR count). The van der Waals surface area contributed by atoms with Crippen LogP contribution >= 0.6 is 0 Å². The number of hydrogen-bond donors (Lipinski definition) is 2. The predicted molar refractivity (Wildman–Crippen MR) is 93.1 cm³/mol. The van der Waals surface area contributed by atoms with Gasteiger partial charge < -0.3 is 15.4 Å². The highest BCUT2D eigenvalue weighted by Gasteiger charge is 2.56. The number of rotatable bonds is 5. The fourth-order valence-corrected chi connectivity index (χ4v) is 2.66. The second-order valence-corrected chi connectivity index (χ2v) is 6.20. The van der Waals surface area contributed by atoms with E-state index in [0.717, 1.165) is 5.56 Å². The van der Waals surface area contributed by atoms with Crippen LogP contribution in [0.3, 0.4) is 0 Å². The summed E-state index contributed by atoms with van der Waals surface area (Å²) in [4.78, 5) is 25.2. The van der Waals surface area contributed by atoms with Gasteiger partial charge in [-0.25, -0.2) is 4.39 Å². The standard InChI is InChI=1S/C19H19FN2O3/c1-12-6-7-16(25-2)15(10-12)22-18(24)19(8-9-19)17(23)21-14-5-3-4-13(20)11-14/h3-7,10-11H,8-9H2,1-2H3,(H,21,23)(H,22,24). The lowest BCUT2D eigenvalue weighted by Crippen LogP contribution is -2.35. The molecule has 0 aliphatic heterocycles. The van der Waals surface area contributed by atoms with Gasteiger partial charge in [-0.3, -0.25) is 9.59 Å². The Bertz CT molecular complexity index is 831. The number of hydrogen-bond acceptors (Lipinski definition) is 3. The number of ether oxygens (including phenoxy) is 1. The van der Waals surface area contributed by atoms with Crippen LogP contribution in [0.1, 0.15) is 18.4 Å². The third kappa shape index (κ3) is 3.47. The number of halogens is 1. The smallest absolute Gasteiger partial charge is 0.240 e. The Morgan fingerprint density at radius 3 is 2.44 bits per heavy atom. The number of benzene rings is 2. The lowest BCUT2D eigenvalue weighted by atomic mass is 10.0. The average molecular weight is 342 g/mol. The minimum Gasteiger partial charge on any atom is -0.495 e. The second kappa shape index (κ2) is 6.55. The molecule has 2 N–H and O–H groups in total. The van der Waals surface area contributed by atoms with E-state index in [0.29, 0.717) is 30.0 Å². The molecule has 1 aliphatic rings. The van der Waals surface area contributed by atoms with Gasteiger partial charge in [0.2, 0.25) is 11.8 Å². The van der Waals surface area contributed by atoms with Crippen molar-refractivity contribution >= 4 is 23.2 Å². The molecule has 0 saturated heterocycles. The zero-order chi connectivity index (χ0) is 18.0. The highest BCUT2D eigenvalue weighted by molar-refractivity contribution is 6.17. The molecule has 6 heteroatoms. The monoisotopic (exact) mass is 342 g/mol. The van der Waals surface area contributed by atoms with Gasteiger partial charge in [0.1, 0.15) is 17.0 Å². The van der Waals surface area contributed by atoms with Crippen molar-refractivity contribution in [2.75, 3.05) is 17.7 Å². The van der Waals surface area contributed by atoms with E-state index in [9.17, 15) is 14.0 Å². The fourth-order valence-electron chi connectivity index (χ4n) is 2.66. The molecule has 0 aromatic heterocycles. The first-order valence-corrected chi connectivity index (χ1v) is 7.98. The molecule has 0 spiro atoms. The second-order valence-electron chi connectivity index (χ2n) is 6.20. The molecule has 2 aromatic carbocycles. The van der Waals surface area contributed by atoms with Crippen LogP contribution in [0.4, 0.5) is 15.8 Å².